The molecule has 16 heavy (non-hydrogen) atoms. The minimum Gasteiger partial charge on any atom is -0.496 e. The maximum absolute atomic E-state index is 5.29. The molecule has 0 spiro atoms. The van der Waals surface area contributed by atoms with Gasteiger partial charge in [-0.1, -0.05) is 31.4 Å². The van der Waals surface area contributed by atoms with Crippen molar-refractivity contribution in [2.45, 2.75) is 38.1 Å². The Balaban J connectivity index is 2.04. The molecule has 1 aliphatic rings. The van der Waals surface area contributed by atoms with Gasteiger partial charge in [0.15, 0.2) is 0 Å². The average molecular weight is 217 g/mol. The Labute approximate surface area is 97.4 Å². The monoisotopic (exact) mass is 217 g/mol. The zero-order valence-electron chi connectivity index (χ0n) is 9.86. The molecular weight excluding hydrogens is 198 g/mol. The van der Waals surface area contributed by atoms with Gasteiger partial charge in [-0.05, 0) is 25.0 Å². The first-order valence-electron chi connectivity index (χ1n) is 6.06. The van der Waals surface area contributed by atoms with Gasteiger partial charge in [0, 0.05) is 17.8 Å². The number of benzene rings is 1. The summed E-state index contributed by atoms with van der Waals surface area (Å²) in [7, 11) is 1.70. The Morgan fingerprint density at radius 3 is 2.69 bits per heavy atom. The number of rotatable bonds is 3. The zero-order valence-corrected chi connectivity index (χ0v) is 9.86. The van der Waals surface area contributed by atoms with E-state index in [9.17, 15) is 0 Å². The summed E-state index contributed by atoms with van der Waals surface area (Å²) in [6.07, 6.45) is 8.48. The van der Waals surface area contributed by atoms with Gasteiger partial charge in [-0.25, -0.2) is 0 Å². The van der Waals surface area contributed by atoms with E-state index in [1.165, 1.54) is 32.1 Å². The Bertz CT molecular complexity index is 354. The number of hydrogen-bond donors (Lipinski definition) is 0. The Hall–Kier alpha value is -1.31. The van der Waals surface area contributed by atoms with Crippen LogP contribution in [-0.4, -0.2) is 19.4 Å². The highest BCUT2D eigenvalue weighted by Gasteiger charge is 2.10. The van der Waals surface area contributed by atoms with Crippen molar-refractivity contribution in [3.63, 3.8) is 0 Å². The van der Waals surface area contributed by atoms with E-state index >= 15 is 0 Å². The van der Waals surface area contributed by atoms with Gasteiger partial charge in [0.2, 0.25) is 0 Å². The van der Waals surface area contributed by atoms with E-state index < -0.39 is 0 Å². The van der Waals surface area contributed by atoms with Gasteiger partial charge in [-0.3, -0.25) is 4.99 Å². The Morgan fingerprint density at radius 1 is 1.19 bits per heavy atom. The lowest BCUT2D eigenvalue weighted by Gasteiger charge is -2.17. The largest absolute Gasteiger partial charge is 0.496 e. The van der Waals surface area contributed by atoms with E-state index in [0.717, 1.165) is 11.3 Å². The molecule has 0 amide bonds. The van der Waals surface area contributed by atoms with Crippen molar-refractivity contribution in [2.75, 3.05) is 7.11 Å². The molecule has 1 aromatic rings. The van der Waals surface area contributed by atoms with Crippen molar-refractivity contribution < 1.29 is 4.74 Å². The quantitative estimate of drug-likeness (QED) is 0.711. The van der Waals surface area contributed by atoms with Gasteiger partial charge < -0.3 is 4.74 Å². The molecule has 0 heterocycles. The normalized spacial score (nSPS) is 17.8. The van der Waals surface area contributed by atoms with Crippen molar-refractivity contribution in [1.82, 2.24) is 0 Å². The van der Waals surface area contributed by atoms with Crippen molar-refractivity contribution in [2.24, 2.45) is 4.99 Å². The van der Waals surface area contributed by atoms with Gasteiger partial charge in [0.25, 0.3) is 0 Å². The van der Waals surface area contributed by atoms with E-state index in [4.69, 9.17) is 4.74 Å². The lowest BCUT2D eigenvalue weighted by molar-refractivity contribution is 0.414. The molecule has 2 heteroatoms. The highest BCUT2D eigenvalue weighted by Crippen LogP contribution is 2.21. The molecule has 0 unspecified atom stereocenters. The molecule has 1 aromatic carbocycles. The SMILES string of the molecule is COc1ccccc1C=NC1CCCCC1. The second-order valence-electron chi connectivity index (χ2n) is 4.31. The molecule has 2 nitrogen and oxygen atoms in total. The first kappa shape index (κ1) is 11.2. The summed E-state index contributed by atoms with van der Waals surface area (Å²) in [5.74, 6) is 0.905. The van der Waals surface area contributed by atoms with Gasteiger partial charge in [0.05, 0.1) is 7.11 Å². The van der Waals surface area contributed by atoms with E-state index in [1.54, 1.807) is 7.11 Å². The number of methoxy groups -OCH3 is 1. The third kappa shape index (κ3) is 2.84. The minimum atomic E-state index is 0.527. The first-order chi connectivity index (χ1) is 7.90. The molecule has 0 radical (unpaired) electrons. The fourth-order valence-corrected chi connectivity index (χ4v) is 2.19. The van der Waals surface area contributed by atoms with Crippen LogP contribution in [-0.2, 0) is 0 Å². The molecule has 1 saturated carbocycles. The predicted octanol–water partition coefficient (Wildman–Crippen LogP) is 3.45. The topological polar surface area (TPSA) is 21.6 Å². The first-order valence-corrected chi connectivity index (χ1v) is 6.06. The van der Waals surface area contributed by atoms with Gasteiger partial charge in [0.1, 0.15) is 5.75 Å². The van der Waals surface area contributed by atoms with Crippen LogP contribution in [0.25, 0.3) is 0 Å². The number of aliphatic imine (C=N–C) groups is 1. The smallest absolute Gasteiger partial charge is 0.127 e. The van der Waals surface area contributed by atoms with Crippen LogP contribution in [0.15, 0.2) is 29.3 Å². The molecule has 0 atom stereocenters. The van der Waals surface area contributed by atoms with Crippen molar-refractivity contribution in [3.05, 3.63) is 29.8 Å². The van der Waals surface area contributed by atoms with Crippen LogP contribution in [0.3, 0.4) is 0 Å². The fraction of sp³-hybridized carbons (Fsp3) is 0.500. The fourth-order valence-electron chi connectivity index (χ4n) is 2.19. The van der Waals surface area contributed by atoms with E-state index in [1.807, 2.05) is 30.5 Å². The maximum atomic E-state index is 5.29. The molecule has 1 aliphatic carbocycles. The van der Waals surface area contributed by atoms with E-state index in [0.29, 0.717) is 6.04 Å². The van der Waals surface area contributed by atoms with Crippen molar-refractivity contribution >= 4 is 6.21 Å². The number of para-hydroxylation sites is 1. The zero-order chi connectivity index (χ0) is 11.2. The van der Waals surface area contributed by atoms with E-state index in [2.05, 4.69) is 4.99 Å². The third-order valence-corrected chi connectivity index (χ3v) is 3.14. The van der Waals surface area contributed by atoms with Crippen molar-refractivity contribution in [3.8, 4) is 5.75 Å². The number of nitrogens with zero attached hydrogens (tertiary/aromatic N) is 1. The standard InChI is InChI=1S/C14H19NO/c1-16-14-10-6-5-7-12(14)11-15-13-8-3-2-4-9-13/h5-7,10-11,13H,2-4,8-9H2,1H3. The summed E-state index contributed by atoms with van der Waals surface area (Å²) in [5.41, 5.74) is 1.08. The average Bonchev–Trinajstić information content (AvgIpc) is 2.38. The van der Waals surface area contributed by atoms with Gasteiger partial charge in [-0.15, -0.1) is 0 Å². The minimum absolute atomic E-state index is 0.527. The van der Waals surface area contributed by atoms with Crippen LogP contribution in [0.4, 0.5) is 0 Å². The van der Waals surface area contributed by atoms with Crippen LogP contribution in [0, 0.1) is 0 Å². The Morgan fingerprint density at radius 2 is 1.94 bits per heavy atom. The van der Waals surface area contributed by atoms with Gasteiger partial charge >= 0.3 is 0 Å². The Kier molecular flexibility index (Phi) is 3.97. The van der Waals surface area contributed by atoms with Crippen LogP contribution in [0.5, 0.6) is 5.75 Å². The second kappa shape index (κ2) is 5.69. The van der Waals surface area contributed by atoms with Crippen LogP contribution >= 0.6 is 0 Å². The second-order valence-corrected chi connectivity index (χ2v) is 4.31. The summed E-state index contributed by atoms with van der Waals surface area (Å²) >= 11 is 0. The molecule has 0 aliphatic heterocycles. The lowest BCUT2D eigenvalue weighted by Crippen LogP contribution is -2.09. The summed E-state index contributed by atoms with van der Waals surface area (Å²) in [5, 5.41) is 0. The maximum Gasteiger partial charge on any atom is 0.127 e. The molecule has 86 valence electrons. The molecule has 2 rings (SSSR count). The molecule has 0 bridgehead atoms. The van der Waals surface area contributed by atoms with Crippen LogP contribution in [0.2, 0.25) is 0 Å². The molecule has 0 N–H and O–H groups in total. The van der Waals surface area contributed by atoms with Crippen molar-refractivity contribution in [1.29, 1.82) is 0 Å². The molecular formula is C14H19NO. The molecule has 0 saturated heterocycles. The highest BCUT2D eigenvalue weighted by atomic mass is 16.5. The van der Waals surface area contributed by atoms with Crippen LogP contribution in [0.1, 0.15) is 37.7 Å². The van der Waals surface area contributed by atoms with E-state index in [-0.39, 0.29) is 0 Å². The predicted molar refractivity (Wildman–Crippen MR) is 67.5 cm³/mol. The summed E-state index contributed by atoms with van der Waals surface area (Å²) < 4.78 is 5.29. The van der Waals surface area contributed by atoms with Crippen LogP contribution < -0.4 is 4.74 Å². The summed E-state index contributed by atoms with van der Waals surface area (Å²) in [4.78, 5) is 4.66. The molecule has 0 aromatic heterocycles. The van der Waals surface area contributed by atoms with Gasteiger partial charge in [-0.2, -0.15) is 0 Å². The lowest BCUT2D eigenvalue weighted by atomic mass is 9.96. The summed E-state index contributed by atoms with van der Waals surface area (Å²) in [6, 6.07) is 8.55. The number of hydrogen-bond acceptors (Lipinski definition) is 2. The highest BCUT2D eigenvalue weighted by molar-refractivity contribution is 5.83. The molecule has 1 fully saturated rings. The summed E-state index contributed by atoms with van der Waals surface area (Å²) in [6.45, 7) is 0. The number of ether oxygens (including phenoxy) is 1. The third-order valence-electron chi connectivity index (χ3n) is 3.14.